The van der Waals surface area contributed by atoms with Crippen LogP contribution in [0, 0.1) is 0 Å². The Bertz CT molecular complexity index is 458. The van der Waals surface area contributed by atoms with Crippen molar-refractivity contribution in [2.45, 2.75) is 28.9 Å². The smallest absolute Gasteiger partial charge is 0.0176 e. The van der Waals surface area contributed by atoms with Crippen molar-refractivity contribution in [1.82, 2.24) is 0 Å². The van der Waals surface area contributed by atoms with Crippen molar-refractivity contribution < 1.29 is 0 Å². The molecule has 0 unspecified atom stereocenters. The lowest BCUT2D eigenvalue weighted by Crippen LogP contribution is -1.84. The average Bonchev–Trinajstić information content (AvgIpc) is 2.36. The summed E-state index contributed by atoms with van der Waals surface area (Å²) in [5, 5.41) is 0.663. The van der Waals surface area contributed by atoms with Gasteiger partial charge in [-0.15, -0.1) is 24.4 Å². The summed E-state index contributed by atoms with van der Waals surface area (Å²) in [5.41, 5.74) is 0. The second kappa shape index (κ2) is 9.11. The molecule has 19 heavy (non-hydrogen) atoms. The van der Waals surface area contributed by atoms with Gasteiger partial charge in [0, 0.05) is 24.0 Å². The summed E-state index contributed by atoms with van der Waals surface area (Å²) in [6.45, 7) is 4.40. The predicted molar refractivity (Wildman–Crippen MR) is 96.5 cm³/mol. The zero-order valence-electron chi connectivity index (χ0n) is 10.8. The van der Waals surface area contributed by atoms with E-state index in [-0.39, 0.29) is 0 Å². The van der Waals surface area contributed by atoms with Gasteiger partial charge >= 0.3 is 0 Å². The van der Waals surface area contributed by atoms with E-state index in [0.29, 0.717) is 5.25 Å². The molecule has 4 heteroatoms. The van der Waals surface area contributed by atoms with Crippen LogP contribution in [0.2, 0.25) is 0 Å². The number of hydrogen-bond donors (Lipinski definition) is 1. The maximum atomic E-state index is 4.11. The fourth-order valence-corrected chi connectivity index (χ4v) is 2.74. The molecule has 0 heterocycles. The molecule has 0 amide bonds. The lowest BCUT2D eigenvalue weighted by atomic mass is 10.4. The van der Waals surface area contributed by atoms with Gasteiger partial charge in [0.2, 0.25) is 0 Å². The molecule has 0 bridgehead atoms. The molecule has 0 saturated heterocycles. The molecule has 102 valence electrons. The van der Waals surface area contributed by atoms with Crippen molar-refractivity contribution in [1.29, 1.82) is 0 Å². The molecule has 2 aromatic carbocycles. The van der Waals surface area contributed by atoms with E-state index in [4.69, 9.17) is 0 Å². The molecule has 0 saturated carbocycles. The molecule has 0 aromatic heterocycles. The third-order valence-corrected chi connectivity index (χ3v) is 4.38. The molecule has 0 N–H and O–H groups in total. The van der Waals surface area contributed by atoms with Gasteiger partial charge in [0.05, 0.1) is 0 Å². The van der Waals surface area contributed by atoms with Gasteiger partial charge in [-0.25, -0.2) is 0 Å². The van der Waals surface area contributed by atoms with E-state index in [1.165, 1.54) is 4.90 Å². The summed E-state index contributed by atoms with van der Waals surface area (Å²) in [4.78, 5) is 2.33. The summed E-state index contributed by atoms with van der Waals surface area (Å²) >= 11 is 12.7. The highest BCUT2D eigenvalue weighted by atomic mass is 79.9. The maximum absolute atomic E-state index is 4.11. The third-order valence-electron chi connectivity index (χ3n) is 2.01. The number of hydrogen-bond acceptors (Lipinski definition) is 2. The van der Waals surface area contributed by atoms with E-state index in [1.807, 2.05) is 36.0 Å². The first-order valence-electron chi connectivity index (χ1n) is 5.84. The quantitative estimate of drug-likeness (QED) is 0.417. The second-order valence-corrected chi connectivity index (χ2v) is 8.09. The van der Waals surface area contributed by atoms with E-state index in [0.717, 1.165) is 13.8 Å². The van der Waals surface area contributed by atoms with Crippen LogP contribution in [0.15, 0.2) is 67.3 Å². The molecule has 2 rings (SSSR count). The van der Waals surface area contributed by atoms with E-state index < -0.39 is 0 Å². The van der Waals surface area contributed by atoms with Crippen molar-refractivity contribution in [3.8, 4) is 0 Å². The predicted octanol–water partition coefficient (Wildman–Crippen LogP) is 6.69. The lowest BCUT2D eigenvalue weighted by molar-refractivity contribution is 1.11. The van der Waals surface area contributed by atoms with Crippen molar-refractivity contribution in [3.05, 3.63) is 57.5 Å². The van der Waals surface area contributed by atoms with Gasteiger partial charge in [0.15, 0.2) is 0 Å². The van der Waals surface area contributed by atoms with Crippen molar-refractivity contribution in [2.24, 2.45) is 0 Å². The third kappa shape index (κ3) is 8.08. The van der Waals surface area contributed by atoms with E-state index in [2.05, 4.69) is 82.6 Å². The molecule has 0 spiro atoms. The maximum Gasteiger partial charge on any atom is 0.0176 e. The Morgan fingerprint density at radius 2 is 1.26 bits per heavy atom. The summed E-state index contributed by atoms with van der Waals surface area (Å²) in [6, 6.07) is 16.2. The van der Waals surface area contributed by atoms with E-state index >= 15 is 0 Å². The van der Waals surface area contributed by atoms with Gasteiger partial charge in [-0.3, -0.25) is 0 Å². The highest BCUT2D eigenvalue weighted by Crippen LogP contribution is 2.24. The minimum absolute atomic E-state index is 0.663. The first-order valence-corrected chi connectivity index (χ1v) is 8.75. The molecule has 0 aliphatic rings. The topological polar surface area (TPSA) is 0 Å². The summed E-state index contributed by atoms with van der Waals surface area (Å²) in [7, 11) is 0. The van der Waals surface area contributed by atoms with Crippen LogP contribution < -0.4 is 0 Å². The molecular weight excluding hydrogens is 404 g/mol. The molecule has 0 fully saturated rings. The van der Waals surface area contributed by atoms with Crippen LogP contribution in [0.5, 0.6) is 0 Å². The number of rotatable bonds is 2. The van der Waals surface area contributed by atoms with Gasteiger partial charge in [-0.1, -0.05) is 45.7 Å². The Morgan fingerprint density at radius 3 is 1.63 bits per heavy atom. The van der Waals surface area contributed by atoms with Crippen molar-refractivity contribution in [3.63, 3.8) is 0 Å². The first kappa shape index (κ1) is 17.2. The zero-order valence-corrected chi connectivity index (χ0v) is 15.7. The molecule has 2 aromatic rings. The number of halogens is 2. The average molecular weight is 420 g/mol. The van der Waals surface area contributed by atoms with Gasteiger partial charge < -0.3 is 0 Å². The zero-order chi connectivity index (χ0) is 14.3. The van der Waals surface area contributed by atoms with Crippen LogP contribution in [0.4, 0.5) is 0 Å². The van der Waals surface area contributed by atoms with Crippen LogP contribution in [0.1, 0.15) is 13.8 Å². The SMILES string of the molecule is CC(C)Sc1ccc(Br)cc1.Sc1ccc(Br)cc1. The van der Waals surface area contributed by atoms with Gasteiger partial charge in [0.1, 0.15) is 0 Å². The Morgan fingerprint density at radius 1 is 0.842 bits per heavy atom. The second-order valence-electron chi connectivity index (χ2n) is 4.10. The summed E-state index contributed by atoms with van der Waals surface area (Å²) in [6.07, 6.45) is 0. The molecule has 0 radical (unpaired) electrons. The van der Waals surface area contributed by atoms with Gasteiger partial charge in [-0.2, -0.15) is 0 Å². The first-order chi connectivity index (χ1) is 8.97. The molecule has 0 aliphatic carbocycles. The highest BCUT2D eigenvalue weighted by Gasteiger charge is 1.96. The van der Waals surface area contributed by atoms with Crippen LogP contribution in [-0.2, 0) is 0 Å². The number of benzene rings is 2. The highest BCUT2D eigenvalue weighted by molar-refractivity contribution is 9.10. The minimum Gasteiger partial charge on any atom is -0.143 e. The van der Waals surface area contributed by atoms with Crippen molar-refractivity contribution in [2.75, 3.05) is 0 Å². The molecule has 0 aliphatic heterocycles. The summed E-state index contributed by atoms with van der Waals surface area (Å²) < 4.78 is 2.24. The number of thiol groups is 1. The molecule has 0 atom stereocenters. The fourth-order valence-electron chi connectivity index (χ4n) is 1.23. The van der Waals surface area contributed by atoms with E-state index in [1.54, 1.807) is 0 Å². The van der Waals surface area contributed by atoms with Crippen LogP contribution in [0.25, 0.3) is 0 Å². The van der Waals surface area contributed by atoms with Gasteiger partial charge in [-0.05, 0) is 48.5 Å². The Balaban J connectivity index is 0.000000200. The molecular formula is C15H16Br2S2. The minimum atomic E-state index is 0.663. The Labute approximate surface area is 142 Å². The standard InChI is InChI=1S/C9H11BrS.C6H5BrS/c1-7(2)11-9-5-3-8(10)4-6-9;7-5-1-3-6(8)4-2-5/h3-7H,1-2H3;1-4,8H. The Hall–Kier alpha value is 0.1000. The van der Waals surface area contributed by atoms with Crippen LogP contribution in [0.3, 0.4) is 0 Å². The van der Waals surface area contributed by atoms with Crippen LogP contribution in [-0.4, -0.2) is 5.25 Å². The van der Waals surface area contributed by atoms with Crippen molar-refractivity contribution >= 4 is 56.3 Å². The van der Waals surface area contributed by atoms with Gasteiger partial charge in [0.25, 0.3) is 0 Å². The Kier molecular flexibility index (Phi) is 8.23. The monoisotopic (exact) mass is 418 g/mol. The fraction of sp³-hybridized carbons (Fsp3) is 0.200. The normalized spacial score (nSPS) is 10.0. The molecule has 0 nitrogen and oxygen atoms in total. The number of thioether (sulfide) groups is 1. The summed E-state index contributed by atoms with van der Waals surface area (Å²) in [5.74, 6) is 0. The van der Waals surface area contributed by atoms with Crippen LogP contribution >= 0.6 is 56.3 Å². The van der Waals surface area contributed by atoms with E-state index in [9.17, 15) is 0 Å². The largest absolute Gasteiger partial charge is 0.143 e. The lowest BCUT2D eigenvalue weighted by Gasteiger charge is -2.03.